The minimum Gasteiger partial charge on any atom is -0.354 e. The third-order valence-electron chi connectivity index (χ3n) is 1.75. The molecule has 0 aliphatic heterocycles. The van der Waals surface area contributed by atoms with Gasteiger partial charge in [0, 0.05) is 6.54 Å². The molecule has 0 radical (unpaired) electrons. The molecule has 0 saturated heterocycles. The molecular formula is C8H12N4O2. The number of nitro groups is 1. The molecule has 0 atom stereocenters. The van der Waals surface area contributed by atoms with Crippen molar-refractivity contribution >= 4 is 11.6 Å². The van der Waals surface area contributed by atoms with Gasteiger partial charge in [-0.2, -0.15) is 0 Å². The number of aryl methyl sites for hydroxylation is 2. The summed E-state index contributed by atoms with van der Waals surface area (Å²) < 4.78 is 0. The summed E-state index contributed by atoms with van der Waals surface area (Å²) in [7, 11) is 0. The number of rotatable bonds is 3. The van der Waals surface area contributed by atoms with Gasteiger partial charge >= 0.3 is 5.69 Å². The van der Waals surface area contributed by atoms with E-state index < -0.39 is 4.92 Å². The molecule has 0 saturated carbocycles. The molecule has 76 valence electrons. The first-order valence-corrected chi connectivity index (χ1v) is 4.29. The lowest BCUT2D eigenvalue weighted by atomic mass is 10.3. The SMILES string of the molecule is CCNc1nc(C)c([N+](=O)[O-])c(C)n1. The maximum Gasteiger partial charge on any atom is 0.311 e. The van der Waals surface area contributed by atoms with Gasteiger partial charge in [-0.3, -0.25) is 10.1 Å². The Morgan fingerprint density at radius 3 is 2.21 bits per heavy atom. The van der Waals surface area contributed by atoms with Crippen LogP contribution in [0.3, 0.4) is 0 Å². The lowest BCUT2D eigenvalue weighted by Gasteiger charge is -2.04. The second-order valence-corrected chi connectivity index (χ2v) is 2.85. The molecule has 1 rings (SSSR count). The zero-order valence-electron chi connectivity index (χ0n) is 8.37. The highest BCUT2D eigenvalue weighted by Gasteiger charge is 2.17. The maximum absolute atomic E-state index is 10.6. The average Bonchev–Trinajstić information content (AvgIpc) is 2.01. The molecule has 6 nitrogen and oxygen atoms in total. The molecule has 0 amide bonds. The van der Waals surface area contributed by atoms with Crippen LogP contribution in [0.1, 0.15) is 18.3 Å². The average molecular weight is 196 g/mol. The molecule has 0 unspecified atom stereocenters. The number of nitrogens with zero attached hydrogens (tertiary/aromatic N) is 3. The van der Waals surface area contributed by atoms with E-state index in [1.807, 2.05) is 6.92 Å². The predicted molar refractivity (Wildman–Crippen MR) is 52.3 cm³/mol. The Hall–Kier alpha value is -1.72. The van der Waals surface area contributed by atoms with Gasteiger partial charge in [0.15, 0.2) is 0 Å². The van der Waals surface area contributed by atoms with E-state index in [-0.39, 0.29) is 5.69 Å². The molecular weight excluding hydrogens is 184 g/mol. The summed E-state index contributed by atoms with van der Waals surface area (Å²) in [5.74, 6) is 0.438. The Morgan fingerprint density at radius 2 is 1.86 bits per heavy atom. The van der Waals surface area contributed by atoms with E-state index in [1.54, 1.807) is 13.8 Å². The van der Waals surface area contributed by atoms with Crippen LogP contribution in [-0.4, -0.2) is 21.4 Å². The molecule has 14 heavy (non-hydrogen) atoms. The van der Waals surface area contributed by atoms with Crippen molar-refractivity contribution in [3.8, 4) is 0 Å². The van der Waals surface area contributed by atoms with Gasteiger partial charge in [0.2, 0.25) is 5.95 Å². The van der Waals surface area contributed by atoms with Crippen molar-refractivity contribution in [1.82, 2.24) is 9.97 Å². The van der Waals surface area contributed by atoms with Crippen molar-refractivity contribution in [2.24, 2.45) is 0 Å². The zero-order chi connectivity index (χ0) is 10.7. The van der Waals surface area contributed by atoms with Gasteiger partial charge in [-0.25, -0.2) is 9.97 Å². The highest BCUT2D eigenvalue weighted by atomic mass is 16.6. The van der Waals surface area contributed by atoms with E-state index >= 15 is 0 Å². The van der Waals surface area contributed by atoms with Gasteiger partial charge in [-0.15, -0.1) is 0 Å². The summed E-state index contributed by atoms with van der Waals surface area (Å²) in [6.07, 6.45) is 0. The van der Waals surface area contributed by atoms with Crippen molar-refractivity contribution in [1.29, 1.82) is 0 Å². The van der Waals surface area contributed by atoms with E-state index in [1.165, 1.54) is 0 Å². The van der Waals surface area contributed by atoms with Gasteiger partial charge in [0.1, 0.15) is 11.4 Å². The molecule has 0 fully saturated rings. The first-order valence-electron chi connectivity index (χ1n) is 4.29. The molecule has 0 aliphatic carbocycles. The molecule has 0 spiro atoms. The minimum absolute atomic E-state index is 0.00773. The summed E-state index contributed by atoms with van der Waals surface area (Å²) in [6.45, 7) is 5.81. The van der Waals surface area contributed by atoms with Crippen LogP contribution in [0.15, 0.2) is 0 Å². The number of anilines is 1. The molecule has 1 aromatic rings. The monoisotopic (exact) mass is 196 g/mol. The van der Waals surface area contributed by atoms with Crippen molar-refractivity contribution < 1.29 is 4.92 Å². The molecule has 1 heterocycles. The van der Waals surface area contributed by atoms with E-state index in [9.17, 15) is 10.1 Å². The third kappa shape index (κ3) is 1.95. The van der Waals surface area contributed by atoms with Crippen LogP contribution < -0.4 is 5.32 Å². The van der Waals surface area contributed by atoms with Gasteiger partial charge < -0.3 is 5.32 Å². The number of aromatic nitrogens is 2. The number of nitrogens with one attached hydrogen (secondary N) is 1. The summed E-state index contributed by atoms with van der Waals surface area (Å²) in [5, 5.41) is 13.5. The third-order valence-corrected chi connectivity index (χ3v) is 1.75. The van der Waals surface area contributed by atoms with Crippen LogP contribution >= 0.6 is 0 Å². The molecule has 1 aromatic heterocycles. The first kappa shape index (κ1) is 10.4. The first-order chi connectivity index (χ1) is 6.56. The lowest BCUT2D eigenvalue weighted by Crippen LogP contribution is -2.07. The van der Waals surface area contributed by atoms with E-state index in [4.69, 9.17) is 0 Å². The normalized spacial score (nSPS) is 9.93. The van der Waals surface area contributed by atoms with Crippen molar-refractivity contribution in [3.63, 3.8) is 0 Å². The Labute approximate surface area is 81.5 Å². The van der Waals surface area contributed by atoms with Crippen LogP contribution in [-0.2, 0) is 0 Å². The maximum atomic E-state index is 10.6. The highest BCUT2D eigenvalue weighted by Crippen LogP contribution is 2.20. The Balaban J connectivity index is 3.18. The summed E-state index contributed by atoms with van der Waals surface area (Å²) >= 11 is 0. The predicted octanol–water partition coefficient (Wildman–Crippen LogP) is 1.43. The second kappa shape index (κ2) is 3.99. The van der Waals surface area contributed by atoms with Crippen LogP contribution in [0.25, 0.3) is 0 Å². The quantitative estimate of drug-likeness (QED) is 0.584. The molecule has 0 bridgehead atoms. The van der Waals surface area contributed by atoms with Gasteiger partial charge in [-0.05, 0) is 20.8 Å². The fraction of sp³-hybridized carbons (Fsp3) is 0.500. The van der Waals surface area contributed by atoms with Gasteiger partial charge in [0.05, 0.1) is 4.92 Å². The Bertz CT molecular complexity index is 341. The molecule has 0 aliphatic rings. The summed E-state index contributed by atoms with van der Waals surface area (Å²) in [5.41, 5.74) is 0.767. The van der Waals surface area contributed by atoms with Crippen LogP contribution in [0.2, 0.25) is 0 Å². The fourth-order valence-electron chi connectivity index (χ4n) is 1.21. The minimum atomic E-state index is -0.458. The van der Waals surface area contributed by atoms with Gasteiger partial charge in [-0.1, -0.05) is 0 Å². The van der Waals surface area contributed by atoms with Crippen molar-refractivity contribution in [2.45, 2.75) is 20.8 Å². The molecule has 1 N–H and O–H groups in total. The topological polar surface area (TPSA) is 81.0 Å². The van der Waals surface area contributed by atoms with Crippen LogP contribution in [0, 0.1) is 24.0 Å². The zero-order valence-corrected chi connectivity index (χ0v) is 8.37. The summed E-state index contributed by atoms with van der Waals surface area (Å²) in [6, 6.07) is 0. The second-order valence-electron chi connectivity index (χ2n) is 2.85. The van der Waals surface area contributed by atoms with E-state index in [0.717, 1.165) is 0 Å². The standard InChI is InChI=1S/C8H12N4O2/c1-4-9-8-10-5(2)7(12(13)14)6(3)11-8/h4H2,1-3H3,(H,9,10,11). The fourth-order valence-corrected chi connectivity index (χ4v) is 1.21. The molecule has 6 heteroatoms. The number of hydrogen-bond donors (Lipinski definition) is 1. The highest BCUT2D eigenvalue weighted by molar-refractivity contribution is 5.43. The smallest absolute Gasteiger partial charge is 0.311 e. The Kier molecular flexibility index (Phi) is 2.95. The van der Waals surface area contributed by atoms with E-state index in [2.05, 4.69) is 15.3 Å². The number of hydrogen-bond acceptors (Lipinski definition) is 5. The largest absolute Gasteiger partial charge is 0.354 e. The lowest BCUT2D eigenvalue weighted by molar-refractivity contribution is -0.386. The van der Waals surface area contributed by atoms with Crippen molar-refractivity contribution in [3.05, 3.63) is 21.5 Å². The van der Waals surface area contributed by atoms with Gasteiger partial charge in [0.25, 0.3) is 0 Å². The molecule has 0 aromatic carbocycles. The van der Waals surface area contributed by atoms with E-state index in [0.29, 0.717) is 23.9 Å². The summed E-state index contributed by atoms with van der Waals surface area (Å²) in [4.78, 5) is 18.1. The van der Waals surface area contributed by atoms with Crippen LogP contribution in [0.4, 0.5) is 11.6 Å². The van der Waals surface area contributed by atoms with Crippen molar-refractivity contribution in [2.75, 3.05) is 11.9 Å². The van der Waals surface area contributed by atoms with Crippen LogP contribution in [0.5, 0.6) is 0 Å². The Morgan fingerprint density at radius 1 is 1.36 bits per heavy atom.